The van der Waals surface area contributed by atoms with Crippen LogP contribution in [0.3, 0.4) is 0 Å². The molecule has 2 aromatic carbocycles. The summed E-state index contributed by atoms with van der Waals surface area (Å²) in [6.07, 6.45) is 3.15. The van der Waals surface area contributed by atoms with Crippen LogP contribution in [-0.4, -0.2) is 39.2 Å². The average Bonchev–Trinajstić information content (AvgIpc) is 3.47. The fourth-order valence-electron chi connectivity index (χ4n) is 5.65. The molecule has 1 aliphatic heterocycles. The number of likely N-dealkylation sites (tertiary alicyclic amines) is 1. The van der Waals surface area contributed by atoms with E-state index in [4.69, 9.17) is 16.6 Å². The number of benzene rings is 2. The number of nitrogens with zero attached hydrogens (tertiary/aromatic N) is 3. The first-order valence-corrected chi connectivity index (χ1v) is 15.9. The van der Waals surface area contributed by atoms with Crippen LogP contribution in [0.1, 0.15) is 67.7 Å². The molecule has 1 saturated heterocycles. The molecule has 5 rings (SSSR count). The summed E-state index contributed by atoms with van der Waals surface area (Å²) in [5.41, 5.74) is 5.92. The molecular weight excluding hydrogens is 566 g/mol. The van der Waals surface area contributed by atoms with Gasteiger partial charge in [0.15, 0.2) is 5.78 Å². The SMILES string of the molecule is CCc1cccc(CC)c1-n1c(CC(C)C)c(C(=O)N2CCCC(=O)C2)cc(-c2nc(-c3ccc(Cl)cc3)cs2)c1=O. The summed E-state index contributed by atoms with van der Waals surface area (Å²) in [4.78, 5) is 47.7. The lowest BCUT2D eigenvalue weighted by Crippen LogP contribution is -2.41. The summed E-state index contributed by atoms with van der Waals surface area (Å²) in [6.45, 7) is 8.96. The van der Waals surface area contributed by atoms with Crippen LogP contribution in [0.2, 0.25) is 5.02 Å². The van der Waals surface area contributed by atoms with Gasteiger partial charge in [0.05, 0.1) is 29.1 Å². The van der Waals surface area contributed by atoms with Gasteiger partial charge in [0.1, 0.15) is 5.01 Å². The highest BCUT2D eigenvalue weighted by Gasteiger charge is 2.29. The summed E-state index contributed by atoms with van der Waals surface area (Å²) in [7, 11) is 0. The lowest BCUT2D eigenvalue weighted by atomic mass is 9.96. The maximum atomic E-state index is 14.6. The molecule has 1 amide bonds. The number of carbonyl (C=O) groups is 2. The zero-order valence-corrected chi connectivity index (χ0v) is 26.1. The van der Waals surface area contributed by atoms with Crippen molar-refractivity contribution in [2.45, 2.75) is 59.8 Å². The van der Waals surface area contributed by atoms with E-state index < -0.39 is 0 Å². The fourth-order valence-corrected chi connectivity index (χ4v) is 6.61. The normalized spacial score (nSPS) is 13.7. The largest absolute Gasteiger partial charge is 0.331 e. The van der Waals surface area contributed by atoms with Crippen LogP contribution < -0.4 is 5.56 Å². The molecule has 3 heterocycles. The number of ketones is 1. The highest BCUT2D eigenvalue weighted by Crippen LogP contribution is 2.32. The number of hydrogen-bond donors (Lipinski definition) is 0. The molecule has 0 spiro atoms. The number of rotatable bonds is 8. The third-order valence-electron chi connectivity index (χ3n) is 7.74. The Morgan fingerprint density at radius 3 is 2.36 bits per heavy atom. The van der Waals surface area contributed by atoms with E-state index in [1.54, 1.807) is 15.5 Å². The number of Topliss-reactive ketones (excluding diaryl/α,β-unsaturated/α-hetero) is 1. The molecule has 4 aromatic rings. The minimum Gasteiger partial charge on any atom is -0.331 e. The Balaban J connectivity index is 1.80. The predicted octanol–water partition coefficient (Wildman–Crippen LogP) is 7.41. The first-order chi connectivity index (χ1) is 20.2. The topological polar surface area (TPSA) is 72.3 Å². The molecule has 0 atom stereocenters. The molecule has 0 saturated carbocycles. The van der Waals surface area contributed by atoms with Gasteiger partial charge in [0, 0.05) is 34.6 Å². The van der Waals surface area contributed by atoms with Crippen molar-refractivity contribution in [1.82, 2.24) is 14.5 Å². The Morgan fingerprint density at radius 2 is 1.74 bits per heavy atom. The number of aryl methyl sites for hydroxylation is 2. The van der Waals surface area contributed by atoms with Crippen molar-refractivity contribution in [2.24, 2.45) is 5.92 Å². The number of halogens is 1. The quantitative estimate of drug-likeness (QED) is 0.211. The van der Waals surface area contributed by atoms with Gasteiger partial charge < -0.3 is 4.90 Å². The van der Waals surface area contributed by atoms with E-state index in [0.717, 1.165) is 40.9 Å². The number of para-hydroxylation sites is 1. The minimum absolute atomic E-state index is 0.0608. The van der Waals surface area contributed by atoms with E-state index in [1.165, 1.54) is 11.3 Å². The molecule has 0 N–H and O–H groups in total. The zero-order valence-electron chi connectivity index (χ0n) is 24.6. The van der Waals surface area contributed by atoms with Crippen molar-refractivity contribution in [3.05, 3.63) is 91.7 Å². The van der Waals surface area contributed by atoms with Crippen LogP contribution in [0.4, 0.5) is 0 Å². The zero-order chi connectivity index (χ0) is 30.0. The second kappa shape index (κ2) is 12.8. The van der Waals surface area contributed by atoms with Gasteiger partial charge in [0.25, 0.3) is 11.5 Å². The molecule has 42 heavy (non-hydrogen) atoms. The molecule has 6 nitrogen and oxygen atoms in total. The van der Waals surface area contributed by atoms with E-state index in [2.05, 4.69) is 39.8 Å². The molecule has 0 radical (unpaired) electrons. The maximum absolute atomic E-state index is 14.6. The lowest BCUT2D eigenvalue weighted by molar-refractivity contribution is -0.121. The van der Waals surface area contributed by atoms with Crippen LogP contribution in [-0.2, 0) is 24.1 Å². The third kappa shape index (κ3) is 5.99. The number of aromatic nitrogens is 2. The predicted molar refractivity (Wildman–Crippen MR) is 171 cm³/mol. The number of pyridine rings is 1. The van der Waals surface area contributed by atoms with Gasteiger partial charge in [-0.2, -0.15) is 0 Å². The summed E-state index contributed by atoms with van der Waals surface area (Å²) >= 11 is 7.48. The second-order valence-corrected chi connectivity index (χ2v) is 12.5. The van der Waals surface area contributed by atoms with E-state index >= 15 is 0 Å². The van der Waals surface area contributed by atoms with Crippen LogP contribution in [0.5, 0.6) is 0 Å². The van der Waals surface area contributed by atoms with Gasteiger partial charge in [-0.15, -0.1) is 11.3 Å². The Morgan fingerprint density at radius 1 is 1.05 bits per heavy atom. The molecule has 0 bridgehead atoms. The number of piperidine rings is 1. The Hall–Kier alpha value is -3.55. The van der Waals surface area contributed by atoms with Crippen molar-refractivity contribution < 1.29 is 9.59 Å². The molecule has 1 aliphatic rings. The molecule has 8 heteroatoms. The minimum atomic E-state index is -0.213. The summed E-state index contributed by atoms with van der Waals surface area (Å²) in [6, 6.07) is 15.3. The number of amides is 1. The van der Waals surface area contributed by atoms with Gasteiger partial charge in [-0.1, -0.05) is 69.6 Å². The van der Waals surface area contributed by atoms with E-state index in [-0.39, 0.29) is 29.7 Å². The van der Waals surface area contributed by atoms with Gasteiger partial charge in [-0.3, -0.25) is 19.0 Å². The standard InChI is InChI=1S/C34H36ClN3O3S/c1-5-22-9-7-10-23(6-2)31(22)38-30(17-21(3)4)27(33(40)37-16-8-11-26(39)19-37)18-28(34(38)41)32-36-29(20-42-32)24-12-14-25(35)15-13-24/h7,9-10,12-15,18,20-21H,5-6,8,11,16-17,19H2,1-4H3. The molecule has 0 aliphatic carbocycles. The molecule has 218 valence electrons. The van der Waals surface area contributed by atoms with E-state index in [9.17, 15) is 14.4 Å². The Kier molecular flexibility index (Phi) is 9.09. The monoisotopic (exact) mass is 601 g/mol. The molecular formula is C34H36ClN3O3S. The smallest absolute Gasteiger partial charge is 0.265 e. The average molecular weight is 602 g/mol. The van der Waals surface area contributed by atoms with Gasteiger partial charge in [-0.05, 0) is 60.9 Å². The number of hydrogen-bond acceptors (Lipinski definition) is 5. The van der Waals surface area contributed by atoms with Gasteiger partial charge >= 0.3 is 0 Å². The van der Waals surface area contributed by atoms with E-state index in [1.807, 2.05) is 35.7 Å². The van der Waals surface area contributed by atoms with E-state index in [0.29, 0.717) is 52.7 Å². The van der Waals surface area contributed by atoms with Crippen molar-refractivity contribution in [3.8, 4) is 27.5 Å². The highest BCUT2D eigenvalue weighted by molar-refractivity contribution is 7.13. The fraction of sp³-hybridized carbons (Fsp3) is 0.353. The first kappa shape index (κ1) is 29.9. The van der Waals surface area contributed by atoms with Crippen molar-refractivity contribution >= 4 is 34.6 Å². The van der Waals surface area contributed by atoms with Crippen molar-refractivity contribution in [1.29, 1.82) is 0 Å². The van der Waals surface area contributed by atoms with Crippen LogP contribution in [0.25, 0.3) is 27.5 Å². The summed E-state index contributed by atoms with van der Waals surface area (Å²) in [5.74, 6) is 0.0344. The Labute approximate surface area is 256 Å². The maximum Gasteiger partial charge on any atom is 0.265 e. The Bertz CT molecular complexity index is 1670. The summed E-state index contributed by atoms with van der Waals surface area (Å²) < 4.78 is 1.79. The number of carbonyl (C=O) groups excluding carboxylic acids is 2. The third-order valence-corrected chi connectivity index (χ3v) is 8.86. The lowest BCUT2D eigenvalue weighted by Gasteiger charge is -2.29. The summed E-state index contributed by atoms with van der Waals surface area (Å²) in [5, 5.41) is 3.11. The van der Waals surface area contributed by atoms with Crippen molar-refractivity contribution in [2.75, 3.05) is 13.1 Å². The van der Waals surface area contributed by atoms with Gasteiger partial charge in [0.2, 0.25) is 0 Å². The molecule has 2 aromatic heterocycles. The number of thiazole rings is 1. The highest BCUT2D eigenvalue weighted by atomic mass is 35.5. The second-order valence-electron chi connectivity index (χ2n) is 11.2. The van der Waals surface area contributed by atoms with Gasteiger partial charge in [-0.25, -0.2) is 4.98 Å². The van der Waals surface area contributed by atoms with Crippen LogP contribution >= 0.6 is 22.9 Å². The molecule has 1 fully saturated rings. The molecule has 0 unspecified atom stereocenters. The van der Waals surface area contributed by atoms with Crippen LogP contribution in [0, 0.1) is 5.92 Å². The van der Waals surface area contributed by atoms with Crippen molar-refractivity contribution in [3.63, 3.8) is 0 Å². The first-order valence-electron chi connectivity index (χ1n) is 14.6. The van der Waals surface area contributed by atoms with Crippen LogP contribution in [0.15, 0.2) is 58.7 Å².